The monoisotopic (exact) mass is 784 g/mol. The molecule has 0 aliphatic heterocycles. The average Bonchev–Trinajstić information content (AvgIpc) is 3.15. The van der Waals surface area contributed by atoms with Crippen LogP contribution >= 0.6 is 7.82 Å². The molecular formula is C42H73O11P. The Labute approximate surface area is 326 Å². The smallest absolute Gasteiger partial charge is 0.462 e. The van der Waals surface area contributed by atoms with E-state index in [-0.39, 0.29) is 25.2 Å². The molecule has 0 amide bonds. The Hall–Kier alpha value is -2.40. The average molecular weight is 785 g/mol. The Morgan fingerprint density at radius 3 is 1.76 bits per heavy atom. The SMILES string of the molecule is CCCCCCCCCCCCCCCC(=O)O[C@H](COC(=O)CCC/C=C\C/C=C\C/C=C\C=C\C(=O)CCCCC)COP(=O)(O)OC[C@@H](O)CO. The summed E-state index contributed by atoms with van der Waals surface area (Å²) < 4.78 is 32.5. The second-order valence-electron chi connectivity index (χ2n) is 13.7. The van der Waals surface area contributed by atoms with E-state index in [2.05, 4.69) is 18.4 Å². The third-order valence-corrected chi connectivity index (χ3v) is 9.41. The minimum atomic E-state index is -4.64. The molecule has 12 heteroatoms. The number of carbonyl (C=O) groups is 3. The molecule has 0 aliphatic rings. The summed E-state index contributed by atoms with van der Waals surface area (Å²) in [6, 6.07) is 0. The first kappa shape index (κ1) is 51.6. The van der Waals surface area contributed by atoms with E-state index in [1.807, 2.05) is 36.5 Å². The zero-order valence-corrected chi connectivity index (χ0v) is 34.3. The van der Waals surface area contributed by atoms with Gasteiger partial charge in [0.1, 0.15) is 12.7 Å². The Morgan fingerprint density at radius 1 is 0.611 bits per heavy atom. The molecule has 3 N–H and O–H groups in total. The molecule has 0 bridgehead atoms. The van der Waals surface area contributed by atoms with Gasteiger partial charge in [0.05, 0.1) is 19.8 Å². The third-order valence-electron chi connectivity index (χ3n) is 8.46. The topological polar surface area (TPSA) is 166 Å². The van der Waals surface area contributed by atoms with E-state index in [1.54, 1.807) is 12.2 Å². The lowest BCUT2D eigenvalue weighted by atomic mass is 10.0. The van der Waals surface area contributed by atoms with Gasteiger partial charge in [0.25, 0.3) is 0 Å². The van der Waals surface area contributed by atoms with E-state index in [0.717, 1.165) is 51.4 Å². The fourth-order valence-electron chi connectivity index (χ4n) is 5.23. The molecule has 0 fully saturated rings. The summed E-state index contributed by atoms with van der Waals surface area (Å²) in [6.07, 6.45) is 34.9. The first-order valence-electron chi connectivity index (χ1n) is 20.5. The second kappa shape index (κ2) is 37.5. The van der Waals surface area contributed by atoms with Crippen molar-refractivity contribution in [3.63, 3.8) is 0 Å². The van der Waals surface area contributed by atoms with Crippen molar-refractivity contribution in [3.8, 4) is 0 Å². The molecule has 0 heterocycles. The first-order chi connectivity index (χ1) is 26.1. The highest BCUT2D eigenvalue weighted by molar-refractivity contribution is 7.47. The van der Waals surface area contributed by atoms with Gasteiger partial charge >= 0.3 is 19.8 Å². The van der Waals surface area contributed by atoms with Gasteiger partial charge < -0.3 is 24.6 Å². The van der Waals surface area contributed by atoms with Crippen LogP contribution in [0.15, 0.2) is 48.6 Å². The highest BCUT2D eigenvalue weighted by atomic mass is 31.2. The summed E-state index contributed by atoms with van der Waals surface area (Å²) in [7, 11) is -4.64. The minimum absolute atomic E-state index is 0.140. The standard InChI is InChI=1S/C42H73O11P/c1-3-5-7-8-9-10-11-12-15-19-22-25-29-33-42(47)53-40(37-52-54(48,49)51-35-39(45)34-43)36-50-41(46)32-28-24-21-18-16-13-14-17-20-23-27-31-38(44)30-26-6-4-2/h13-14,18,20-21,23,27,31,39-40,43,45H,3-12,15-17,19,22,24-26,28-30,32-37H2,1-2H3,(H,48,49)/b14-13-,21-18-,23-20-,31-27+/t39-,40+/m0/s1. The van der Waals surface area contributed by atoms with Gasteiger partial charge in [-0.05, 0) is 44.6 Å². The van der Waals surface area contributed by atoms with Crippen molar-refractivity contribution in [1.29, 1.82) is 0 Å². The van der Waals surface area contributed by atoms with Gasteiger partial charge in [-0.15, -0.1) is 0 Å². The molecule has 0 aromatic rings. The number of ether oxygens (including phenoxy) is 2. The number of carbonyl (C=O) groups excluding carboxylic acids is 3. The molecule has 3 atom stereocenters. The number of phosphoric acid groups is 1. The highest BCUT2D eigenvalue weighted by Crippen LogP contribution is 2.43. The van der Waals surface area contributed by atoms with Crippen LogP contribution in [0.1, 0.15) is 162 Å². The van der Waals surface area contributed by atoms with Crippen LogP contribution in [0.2, 0.25) is 0 Å². The number of esters is 2. The number of aliphatic hydroxyl groups excluding tert-OH is 2. The summed E-state index contributed by atoms with van der Waals surface area (Å²) >= 11 is 0. The van der Waals surface area contributed by atoms with E-state index >= 15 is 0 Å². The summed E-state index contributed by atoms with van der Waals surface area (Å²) in [5.41, 5.74) is 0. The van der Waals surface area contributed by atoms with Crippen molar-refractivity contribution >= 4 is 25.5 Å². The largest absolute Gasteiger partial charge is 0.472 e. The predicted molar refractivity (Wildman–Crippen MR) is 215 cm³/mol. The van der Waals surface area contributed by atoms with E-state index in [4.69, 9.17) is 19.1 Å². The summed E-state index contributed by atoms with van der Waals surface area (Å²) in [5, 5.41) is 18.3. The number of aliphatic hydroxyl groups is 2. The van der Waals surface area contributed by atoms with Gasteiger partial charge in [-0.3, -0.25) is 23.4 Å². The van der Waals surface area contributed by atoms with E-state index in [9.17, 15) is 28.9 Å². The minimum Gasteiger partial charge on any atom is -0.462 e. The van der Waals surface area contributed by atoms with Crippen LogP contribution in [0.4, 0.5) is 0 Å². The van der Waals surface area contributed by atoms with Crippen LogP contribution in [-0.4, -0.2) is 71.5 Å². The Kier molecular flexibility index (Phi) is 35.9. The zero-order chi connectivity index (χ0) is 40.0. The van der Waals surface area contributed by atoms with Crippen molar-refractivity contribution in [2.45, 2.75) is 174 Å². The number of allylic oxidation sites excluding steroid dienone is 8. The van der Waals surface area contributed by atoms with Gasteiger partial charge in [0, 0.05) is 19.3 Å². The number of hydrogen-bond donors (Lipinski definition) is 3. The zero-order valence-electron chi connectivity index (χ0n) is 33.4. The van der Waals surface area contributed by atoms with Crippen molar-refractivity contribution in [3.05, 3.63) is 48.6 Å². The van der Waals surface area contributed by atoms with Crippen molar-refractivity contribution in [2.24, 2.45) is 0 Å². The molecule has 0 spiro atoms. The third kappa shape index (κ3) is 36.6. The number of hydrogen-bond acceptors (Lipinski definition) is 10. The fourth-order valence-corrected chi connectivity index (χ4v) is 6.02. The quantitative estimate of drug-likeness (QED) is 0.0136. The van der Waals surface area contributed by atoms with Crippen LogP contribution in [0, 0.1) is 0 Å². The Bertz CT molecular complexity index is 1100. The van der Waals surface area contributed by atoms with E-state index in [0.29, 0.717) is 25.7 Å². The van der Waals surface area contributed by atoms with Crippen molar-refractivity contribution in [2.75, 3.05) is 26.4 Å². The number of rotatable bonds is 38. The van der Waals surface area contributed by atoms with Gasteiger partial charge in [-0.2, -0.15) is 0 Å². The predicted octanol–water partition coefficient (Wildman–Crippen LogP) is 9.73. The molecule has 0 radical (unpaired) electrons. The summed E-state index contributed by atoms with van der Waals surface area (Å²) in [6.45, 7) is 2.12. The fraction of sp³-hybridized carbons (Fsp3) is 0.738. The number of unbranched alkanes of at least 4 members (excludes halogenated alkanes) is 15. The maximum Gasteiger partial charge on any atom is 0.472 e. The van der Waals surface area contributed by atoms with Gasteiger partial charge in [-0.25, -0.2) is 4.57 Å². The van der Waals surface area contributed by atoms with Gasteiger partial charge in [-0.1, -0.05) is 146 Å². The molecule has 1 unspecified atom stereocenters. The molecular weight excluding hydrogens is 711 g/mol. The van der Waals surface area contributed by atoms with Crippen LogP contribution in [0.25, 0.3) is 0 Å². The van der Waals surface area contributed by atoms with Crippen molar-refractivity contribution in [1.82, 2.24) is 0 Å². The maximum absolute atomic E-state index is 12.6. The number of phosphoric ester groups is 1. The lowest BCUT2D eigenvalue weighted by Gasteiger charge is -2.20. The first-order valence-corrected chi connectivity index (χ1v) is 22.0. The lowest BCUT2D eigenvalue weighted by molar-refractivity contribution is -0.161. The van der Waals surface area contributed by atoms with E-state index < -0.39 is 51.8 Å². The maximum atomic E-state index is 12.6. The molecule has 0 rings (SSSR count). The van der Waals surface area contributed by atoms with E-state index in [1.165, 1.54) is 57.8 Å². The molecule has 0 aliphatic carbocycles. The van der Waals surface area contributed by atoms with Crippen LogP contribution in [0.5, 0.6) is 0 Å². The lowest BCUT2D eigenvalue weighted by Crippen LogP contribution is -2.29. The summed E-state index contributed by atoms with van der Waals surface area (Å²) in [5.74, 6) is -0.866. The molecule has 0 saturated carbocycles. The molecule has 54 heavy (non-hydrogen) atoms. The Balaban J connectivity index is 4.46. The highest BCUT2D eigenvalue weighted by Gasteiger charge is 2.27. The Morgan fingerprint density at radius 2 is 1.13 bits per heavy atom. The molecule has 0 aromatic carbocycles. The van der Waals surface area contributed by atoms with Crippen molar-refractivity contribution < 1.29 is 52.6 Å². The summed E-state index contributed by atoms with van der Waals surface area (Å²) in [4.78, 5) is 46.6. The normalized spacial score (nSPS) is 14.3. The molecule has 11 nitrogen and oxygen atoms in total. The molecule has 0 aromatic heterocycles. The molecule has 0 saturated heterocycles. The number of ketones is 1. The van der Waals surface area contributed by atoms with Crippen LogP contribution in [0.3, 0.4) is 0 Å². The molecule has 312 valence electrons. The van der Waals surface area contributed by atoms with Crippen LogP contribution in [-0.2, 0) is 37.5 Å². The van der Waals surface area contributed by atoms with Crippen LogP contribution < -0.4 is 0 Å². The van der Waals surface area contributed by atoms with Gasteiger partial charge in [0.15, 0.2) is 11.9 Å². The second-order valence-corrected chi connectivity index (χ2v) is 15.2. The van der Waals surface area contributed by atoms with Gasteiger partial charge in [0.2, 0.25) is 0 Å².